The van der Waals surface area contributed by atoms with Crippen LogP contribution in [-0.4, -0.2) is 23.2 Å². The zero-order chi connectivity index (χ0) is 12.3. The maximum Gasteiger partial charge on any atom is 0.121 e. The first-order chi connectivity index (χ1) is 8.16. The molecular weight excluding hydrogens is 230 g/mol. The molecule has 0 saturated carbocycles. The molecule has 2 N–H and O–H groups in total. The standard InChI is InChI=1S/C14H21NOS/c1-10-5-13(6-11(2)14(10)16)8-15-7-12-3-4-17-9-12/h5-6,12,15-16H,3-4,7-9H2,1-2H3. The number of aryl methyl sites for hydroxylation is 2. The van der Waals surface area contributed by atoms with E-state index in [1.54, 1.807) is 0 Å². The van der Waals surface area contributed by atoms with Gasteiger partial charge in [-0.2, -0.15) is 11.8 Å². The normalized spacial score (nSPS) is 19.8. The first-order valence-corrected chi connectivity index (χ1v) is 7.40. The Morgan fingerprint density at radius 2 is 2.06 bits per heavy atom. The maximum atomic E-state index is 9.71. The number of thioether (sulfide) groups is 1. The van der Waals surface area contributed by atoms with Crippen LogP contribution in [0.2, 0.25) is 0 Å². The highest BCUT2D eigenvalue weighted by Crippen LogP contribution is 2.24. The van der Waals surface area contributed by atoms with Crippen LogP contribution in [0.5, 0.6) is 5.75 Å². The fraction of sp³-hybridized carbons (Fsp3) is 0.571. The minimum atomic E-state index is 0.431. The van der Waals surface area contributed by atoms with Gasteiger partial charge >= 0.3 is 0 Å². The summed E-state index contributed by atoms with van der Waals surface area (Å²) in [6.45, 7) is 5.94. The predicted octanol–water partition coefficient (Wildman–Crippen LogP) is 2.85. The molecule has 0 radical (unpaired) electrons. The SMILES string of the molecule is Cc1cc(CNCC2CCSC2)cc(C)c1O. The number of nitrogens with one attached hydrogen (secondary N) is 1. The summed E-state index contributed by atoms with van der Waals surface area (Å²) in [4.78, 5) is 0. The Morgan fingerprint density at radius 1 is 1.35 bits per heavy atom. The molecule has 0 bridgehead atoms. The first kappa shape index (κ1) is 12.8. The van der Waals surface area contributed by atoms with Crippen LogP contribution in [0, 0.1) is 19.8 Å². The quantitative estimate of drug-likeness (QED) is 0.863. The monoisotopic (exact) mass is 251 g/mol. The Bertz CT molecular complexity index is 363. The molecule has 2 rings (SSSR count). The molecule has 0 aromatic heterocycles. The molecule has 1 heterocycles. The maximum absolute atomic E-state index is 9.71. The van der Waals surface area contributed by atoms with Crippen molar-refractivity contribution in [2.24, 2.45) is 5.92 Å². The summed E-state index contributed by atoms with van der Waals surface area (Å²) in [6, 6.07) is 4.14. The topological polar surface area (TPSA) is 32.3 Å². The Labute approximate surface area is 108 Å². The molecule has 1 aromatic carbocycles. The molecule has 1 atom stereocenters. The number of phenolic OH excluding ortho intramolecular Hbond substituents is 1. The lowest BCUT2D eigenvalue weighted by Crippen LogP contribution is -2.22. The van der Waals surface area contributed by atoms with E-state index in [9.17, 15) is 5.11 Å². The average Bonchev–Trinajstić information content (AvgIpc) is 2.79. The van der Waals surface area contributed by atoms with Gasteiger partial charge in [-0.05, 0) is 60.9 Å². The van der Waals surface area contributed by atoms with E-state index < -0.39 is 0 Å². The van der Waals surface area contributed by atoms with Crippen LogP contribution in [0.1, 0.15) is 23.1 Å². The van der Waals surface area contributed by atoms with Crippen molar-refractivity contribution in [2.75, 3.05) is 18.1 Å². The van der Waals surface area contributed by atoms with Crippen LogP contribution in [-0.2, 0) is 6.54 Å². The van der Waals surface area contributed by atoms with Gasteiger partial charge in [-0.3, -0.25) is 0 Å². The molecule has 1 unspecified atom stereocenters. The minimum Gasteiger partial charge on any atom is -0.507 e. The Balaban J connectivity index is 1.86. The molecule has 3 heteroatoms. The third-order valence-corrected chi connectivity index (χ3v) is 4.57. The van der Waals surface area contributed by atoms with Crippen molar-refractivity contribution in [3.63, 3.8) is 0 Å². The average molecular weight is 251 g/mol. The van der Waals surface area contributed by atoms with Crippen molar-refractivity contribution in [1.82, 2.24) is 5.32 Å². The zero-order valence-corrected chi connectivity index (χ0v) is 11.4. The molecule has 1 fully saturated rings. The summed E-state index contributed by atoms with van der Waals surface area (Å²) in [5.41, 5.74) is 3.21. The molecule has 94 valence electrons. The third-order valence-electron chi connectivity index (χ3n) is 3.34. The Kier molecular flexibility index (Phi) is 4.35. The van der Waals surface area contributed by atoms with E-state index in [2.05, 4.69) is 29.2 Å². The number of phenols is 1. The number of hydrogen-bond acceptors (Lipinski definition) is 3. The van der Waals surface area contributed by atoms with Crippen LogP contribution < -0.4 is 5.32 Å². The van der Waals surface area contributed by atoms with Crippen molar-refractivity contribution < 1.29 is 5.11 Å². The second kappa shape index (κ2) is 5.78. The second-order valence-corrected chi connectivity index (χ2v) is 6.09. The third kappa shape index (κ3) is 3.39. The molecule has 0 aliphatic carbocycles. The van der Waals surface area contributed by atoms with Gasteiger partial charge in [0.25, 0.3) is 0 Å². The largest absolute Gasteiger partial charge is 0.507 e. The lowest BCUT2D eigenvalue weighted by molar-refractivity contribution is 0.466. The number of aromatic hydroxyl groups is 1. The first-order valence-electron chi connectivity index (χ1n) is 6.24. The van der Waals surface area contributed by atoms with E-state index in [0.717, 1.165) is 30.1 Å². The van der Waals surface area contributed by atoms with E-state index in [4.69, 9.17) is 0 Å². The van der Waals surface area contributed by atoms with Crippen LogP contribution in [0.15, 0.2) is 12.1 Å². The van der Waals surface area contributed by atoms with Crippen molar-refractivity contribution in [3.05, 3.63) is 28.8 Å². The Morgan fingerprint density at radius 3 is 2.65 bits per heavy atom. The molecule has 1 aromatic rings. The van der Waals surface area contributed by atoms with E-state index in [0.29, 0.717) is 5.75 Å². The summed E-state index contributed by atoms with van der Waals surface area (Å²) in [5.74, 6) is 3.91. The number of rotatable bonds is 4. The van der Waals surface area contributed by atoms with Gasteiger partial charge in [-0.15, -0.1) is 0 Å². The van der Waals surface area contributed by atoms with Crippen LogP contribution in [0.3, 0.4) is 0 Å². The second-order valence-electron chi connectivity index (χ2n) is 4.94. The fourth-order valence-corrected chi connectivity index (χ4v) is 3.60. The number of benzene rings is 1. The van der Waals surface area contributed by atoms with Gasteiger partial charge in [0.15, 0.2) is 0 Å². The highest BCUT2D eigenvalue weighted by molar-refractivity contribution is 7.99. The molecular formula is C14H21NOS. The lowest BCUT2D eigenvalue weighted by atomic mass is 10.1. The van der Waals surface area contributed by atoms with Gasteiger partial charge in [0.2, 0.25) is 0 Å². The van der Waals surface area contributed by atoms with Crippen molar-refractivity contribution in [3.8, 4) is 5.75 Å². The van der Waals surface area contributed by atoms with Crippen LogP contribution >= 0.6 is 11.8 Å². The van der Waals surface area contributed by atoms with E-state index in [1.807, 2.05) is 13.8 Å². The fourth-order valence-electron chi connectivity index (χ4n) is 2.31. The molecule has 1 aliphatic rings. The summed E-state index contributed by atoms with van der Waals surface area (Å²) < 4.78 is 0. The summed E-state index contributed by atoms with van der Waals surface area (Å²) >= 11 is 2.06. The summed E-state index contributed by atoms with van der Waals surface area (Å²) in [6.07, 6.45) is 1.35. The molecule has 17 heavy (non-hydrogen) atoms. The number of hydrogen-bond donors (Lipinski definition) is 2. The lowest BCUT2D eigenvalue weighted by Gasteiger charge is -2.12. The predicted molar refractivity (Wildman–Crippen MR) is 74.7 cm³/mol. The van der Waals surface area contributed by atoms with Gasteiger partial charge < -0.3 is 10.4 Å². The molecule has 0 amide bonds. The van der Waals surface area contributed by atoms with E-state index in [1.165, 1.54) is 23.5 Å². The van der Waals surface area contributed by atoms with E-state index >= 15 is 0 Å². The Hall–Kier alpha value is -0.670. The zero-order valence-electron chi connectivity index (χ0n) is 10.6. The van der Waals surface area contributed by atoms with Crippen molar-refractivity contribution in [1.29, 1.82) is 0 Å². The van der Waals surface area contributed by atoms with Gasteiger partial charge in [0, 0.05) is 6.54 Å². The summed E-state index contributed by atoms with van der Waals surface area (Å²) in [5, 5.41) is 13.2. The van der Waals surface area contributed by atoms with Crippen LogP contribution in [0.4, 0.5) is 0 Å². The van der Waals surface area contributed by atoms with Gasteiger partial charge in [-0.1, -0.05) is 12.1 Å². The van der Waals surface area contributed by atoms with Gasteiger partial charge in [0.05, 0.1) is 0 Å². The van der Waals surface area contributed by atoms with Gasteiger partial charge in [-0.25, -0.2) is 0 Å². The molecule has 0 spiro atoms. The highest BCUT2D eigenvalue weighted by atomic mass is 32.2. The smallest absolute Gasteiger partial charge is 0.121 e. The van der Waals surface area contributed by atoms with Crippen molar-refractivity contribution >= 4 is 11.8 Å². The highest BCUT2D eigenvalue weighted by Gasteiger charge is 2.14. The van der Waals surface area contributed by atoms with Gasteiger partial charge in [0.1, 0.15) is 5.75 Å². The van der Waals surface area contributed by atoms with Crippen molar-refractivity contribution in [2.45, 2.75) is 26.8 Å². The van der Waals surface area contributed by atoms with E-state index in [-0.39, 0.29) is 0 Å². The molecule has 1 aliphatic heterocycles. The molecule has 2 nitrogen and oxygen atoms in total. The van der Waals surface area contributed by atoms with Crippen LogP contribution in [0.25, 0.3) is 0 Å². The molecule has 1 saturated heterocycles. The summed E-state index contributed by atoms with van der Waals surface area (Å²) in [7, 11) is 0. The minimum absolute atomic E-state index is 0.431.